The lowest BCUT2D eigenvalue weighted by molar-refractivity contribution is 0.0671. The van der Waals surface area contributed by atoms with Crippen molar-refractivity contribution >= 4 is 5.91 Å². The third-order valence-electron chi connectivity index (χ3n) is 5.50. The third kappa shape index (κ3) is 3.86. The van der Waals surface area contributed by atoms with Gasteiger partial charge in [0.25, 0.3) is 5.91 Å². The van der Waals surface area contributed by atoms with Crippen molar-refractivity contribution in [3.8, 4) is 0 Å². The topological polar surface area (TPSA) is 45.5 Å². The summed E-state index contributed by atoms with van der Waals surface area (Å²) >= 11 is 0. The standard InChI is InChI=1S/C19H28N2O2/c1-14-5-3-6-15(2)17(14)13-20-16-8-10-21(11-9-16)19(22)18-7-4-12-23-18/h4-5,7,12,15-17,20H,3,6,8-11,13H2,1-2H3/t15-,17+/m0/s1. The Morgan fingerprint density at radius 3 is 2.78 bits per heavy atom. The van der Waals surface area contributed by atoms with Crippen LogP contribution in [0.2, 0.25) is 0 Å². The molecule has 1 N–H and O–H groups in total. The zero-order valence-electron chi connectivity index (χ0n) is 14.3. The zero-order valence-corrected chi connectivity index (χ0v) is 14.3. The van der Waals surface area contributed by atoms with Crippen LogP contribution in [0.15, 0.2) is 34.5 Å². The van der Waals surface area contributed by atoms with Gasteiger partial charge in [0.05, 0.1) is 6.26 Å². The minimum Gasteiger partial charge on any atom is -0.459 e. The Kier molecular flexibility index (Phi) is 5.21. The molecule has 126 valence electrons. The minimum absolute atomic E-state index is 0.0214. The maximum absolute atomic E-state index is 12.3. The molecule has 23 heavy (non-hydrogen) atoms. The predicted molar refractivity (Wildman–Crippen MR) is 91.3 cm³/mol. The number of nitrogens with one attached hydrogen (secondary N) is 1. The van der Waals surface area contributed by atoms with Crippen molar-refractivity contribution in [2.75, 3.05) is 19.6 Å². The van der Waals surface area contributed by atoms with E-state index in [1.54, 1.807) is 24.0 Å². The molecular weight excluding hydrogens is 288 g/mol. The molecular formula is C19H28N2O2. The average molecular weight is 316 g/mol. The predicted octanol–water partition coefficient (Wildman–Crippen LogP) is 3.47. The largest absolute Gasteiger partial charge is 0.459 e. The number of carbonyl (C=O) groups is 1. The van der Waals surface area contributed by atoms with Crippen LogP contribution in [-0.2, 0) is 0 Å². The number of carbonyl (C=O) groups excluding carboxylic acids is 1. The molecule has 0 radical (unpaired) electrons. The molecule has 1 aromatic rings. The molecule has 2 atom stereocenters. The van der Waals surface area contributed by atoms with E-state index >= 15 is 0 Å². The van der Waals surface area contributed by atoms with Gasteiger partial charge in [-0.1, -0.05) is 18.6 Å². The van der Waals surface area contributed by atoms with E-state index in [1.165, 1.54) is 12.8 Å². The highest BCUT2D eigenvalue weighted by atomic mass is 16.3. The normalized spacial score (nSPS) is 26.2. The van der Waals surface area contributed by atoms with Crippen LogP contribution in [0, 0.1) is 11.8 Å². The molecule has 2 heterocycles. The Morgan fingerprint density at radius 1 is 1.35 bits per heavy atom. The number of amides is 1. The fourth-order valence-corrected chi connectivity index (χ4v) is 3.87. The van der Waals surface area contributed by atoms with Gasteiger partial charge in [-0.25, -0.2) is 0 Å². The molecule has 1 fully saturated rings. The fraction of sp³-hybridized carbons (Fsp3) is 0.632. The first-order valence-electron chi connectivity index (χ1n) is 8.88. The number of likely N-dealkylation sites (tertiary alicyclic amines) is 1. The number of allylic oxidation sites excluding steroid dienone is 1. The summed E-state index contributed by atoms with van der Waals surface area (Å²) in [5, 5.41) is 3.74. The summed E-state index contributed by atoms with van der Waals surface area (Å²) in [6, 6.07) is 4.03. The molecule has 1 aromatic heterocycles. The smallest absolute Gasteiger partial charge is 0.289 e. The maximum atomic E-state index is 12.3. The lowest BCUT2D eigenvalue weighted by Crippen LogP contribution is -2.46. The van der Waals surface area contributed by atoms with E-state index < -0.39 is 0 Å². The number of nitrogens with zero attached hydrogens (tertiary/aromatic N) is 1. The summed E-state index contributed by atoms with van der Waals surface area (Å²) in [5.41, 5.74) is 1.54. The van der Waals surface area contributed by atoms with Crippen molar-refractivity contribution in [2.45, 2.75) is 45.6 Å². The van der Waals surface area contributed by atoms with Gasteiger partial charge >= 0.3 is 0 Å². The van der Waals surface area contributed by atoms with Gasteiger partial charge < -0.3 is 14.6 Å². The van der Waals surface area contributed by atoms with Gasteiger partial charge in [-0.3, -0.25) is 4.79 Å². The van der Waals surface area contributed by atoms with Crippen LogP contribution in [-0.4, -0.2) is 36.5 Å². The first-order chi connectivity index (χ1) is 11.1. The van der Waals surface area contributed by atoms with E-state index in [1.807, 2.05) is 4.90 Å². The van der Waals surface area contributed by atoms with E-state index in [0.717, 1.165) is 38.4 Å². The molecule has 3 rings (SSSR count). The molecule has 0 saturated carbocycles. The summed E-state index contributed by atoms with van der Waals surface area (Å²) in [7, 11) is 0. The summed E-state index contributed by atoms with van der Waals surface area (Å²) in [6.07, 6.45) is 8.54. The van der Waals surface area contributed by atoms with Gasteiger partial charge in [0.1, 0.15) is 0 Å². The first-order valence-corrected chi connectivity index (χ1v) is 8.88. The fourth-order valence-electron chi connectivity index (χ4n) is 3.87. The van der Waals surface area contributed by atoms with Gasteiger partial charge in [0.15, 0.2) is 5.76 Å². The number of piperidine rings is 1. The van der Waals surface area contributed by atoms with Crippen molar-refractivity contribution in [3.05, 3.63) is 35.8 Å². The summed E-state index contributed by atoms with van der Waals surface area (Å²) in [6.45, 7) is 7.33. The van der Waals surface area contributed by atoms with E-state index in [0.29, 0.717) is 17.7 Å². The van der Waals surface area contributed by atoms with Gasteiger partial charge in [-0.05, 0) is 56.6 Å². The lowest BCUT2D eigenvalue weighted by Gasteiger charge is -2.35. The van der Waals surface area contributed by atoms with Crippen LogP contribution in [0.1, 0.15) is 50.1 Å². The molecule has 4 heteroatoms. The van der Waals surface area contributed by atoms with Crippen molar-refractivity contribution in [1.29, 1.82) is 0 Å². The van der Waals surface area contributed by atoms with Crippen LogP contribution >= 0.6 is 0 Å². The molecule has 0 bridgehead atoms. The van der Waals surface area contributed by atoms with E-state index in [-0.39, 0.29) is 5.91 Å². The van der Waals surface area contributed by atoms with Gasteiger partial charge in [0, 0.05) is 25.7 Å². The highest BCUT2D eigenvalue weighted by Crippen LogP contribution is 2.29. The number of hydrogen-bond donors (Lipinski definition) is 1. The van der Waals surface area contributed by atoms with Crippen LogP contribution < -0.4 is 5.32 Å². The van der Waals surface area contributed by atoms with Gasteiger partial charge in [0.2, 0.25) is 0 Å². The maximum Gasteiger partial charge on any atom is 0.289 e. The van der Waals surface area contributed by atoms with Crippen molar-refractivity contribution in [3.63, 3.8) is 0 Å². The second kappa shape index (κ2) is 7.35. The molecule has 0 aromatic carbocycles. The van der Waals surface area contributed by atoms with Gasteiger partial charge in [-0.15, -0.1) is 0 Å². The molecule has 4 nitrogen and oxygen atoms in total. The molecule has 2 aliphatic rings. The van der Waals surface area contributed by atoms with Crippen LogP contribution in [0.3, 0.4) is 0 Å². The molecule has 1 amide bonds. The second-order valence-corrected chi connectivity index (χ2v) is 7.06. The van der Waals surface area contributed by atoms with Crippen LogP contribution in [0.4, 0.5) is 0 Å². The molecule has 0 spiro atoms. The van der Waals surface area contributed by atoms with Gasteiger partial charge in [-0.2, -0.15) is 0 Å². The van der Waals surface area contributed by atoms with E-state index in [4.69, 9.17) is 4.42 Å². The number of hydrogen-bond acceptors (Lipinski definition) is 3. The Labute approximate surface area is 138 Å². The second-order valence-electron chi connectivity index (χ2n) is 7.06. The van der Waals surface area contributed by atoms with E-state index in [2.05, 4.69) is 25.2 Å². The van der Waals surface area contributed by atoms with E-state index in [9.17, 15) is 4.79 Å². The summed E-state index contributed by atoms with van der Waals surface area (Å²) in [5.74, 6) is 1.92. The number of rotatable bonds is 4. The first kappa shape index (κ1) is 16.3. The minimum atomic E-state index is 0.0214. The Hall–Kier alpha value is -1.55. The molecule has 1 aliphatic carbocycles. The van der Waals surface area contributed by atoms with Crippen LogP contribution in [0.5, 0.6) is 0 Å². The Bertz CT molecular complexity index is 542. The molecule has 1 saturated heterocycles. The average Bonchev–Trinajstić information content (AvgIpc) is 3.09. The van der Waals surface area contributed by atoms with Crippen molar-refractivity contribution in [2.24, 2.45) is 11.8 Å². The summed E-state index contributed by atoms with van der Waals surface area (Å²) in [4.78, 5) is 14.2. The highest BCUT2D eigenvalue weighted by molar-refractivity contribution is 5.91. The lowest BCUT2D eigenvalue weighted by atomic mass is 9.80. The third-order valence-corrected chi connectivity index (χ3v) is 5.50. The number of furan rings is 1. The molecule has 1 aliphatic heterocycles. The Balaban J connectivity index is 1.45. The summed E-state index contributed by atoms with van der Waals surface area (Å²) < 4.78 is 5.21. The zero-order chi connectivity index (χ0) is 16.2. The quantitative estimate of drug-likeness (QED) is 0.865. The van der Waals surface area contributed by atoms with Crippen LogP contribution in [0.25, 0.3) is 0 Å². The Morgan fingerprint density at radius 2 is 2.13 bits per heavy atom. The van der Waals surface area contributed by atoms with Crippen molar-refractivity contribution in [1.82, 2.24) is 10.2 Å². The monoisotopic (exact) mass is 316 g/mol. The van der Waals surface area contributed by atoms with Crippen molar-refractivity contribution < 1.29 is 9.21 Å². The highest BCUT2D eigenvalue weighted by Gasteiger charge is 2.27. The molecule has 0 unspecified atom stereocenters. The SMILES string of the molecule is CC1=CCC[C@H](C)[C@@H]1CNC1CCN(C(=O)c2ccco2)CC1.